The number of halogens is 2. The van der Waals surface area contributed by atoms with Crippen LogP contribution in [0.25, 0.3) is 0 Å². The van der Waals surface area contributed by atoms with E-state index >= 15 is 0 Å². The lowest BCUT2D eigenvalue weighted by Gasteiger charge is -2.31. The molecule has 0 saturated heterocycles. The highest BCUT2D eigenvalue weighted by atomic mass is 35.5. The molecule has 3 aromatic rings. The van der Waals surface area contributed by atoms with E-state index in [1.807, 2.05) is 74.5 Å². The number of carbonyl (C=O) groups excluding carboxylic acids is 2. The Hall–Kier alpha value is -2.47. The van der Waals surface area contributed by atoms with Gasteiger partial charge >= 0.3 is 0 Å². The number of nitrogens with one attached hydrogen (secondary N) is 1. The maximum Gasteiger partial charge on any atom is 0.243 e. The highest BCUT2D eigenvalue weighted by Crippen LogP contribution is 2.25. The second-order valence-electron chi connectivity index (χ2n) is 8.35. The molecule has 3 aromatic carbocycles. The third-order valence-corrected chi connectivity index (χ3v) is 7.26. The number of benzene rings is 3. The van der Waals surface area contributed by atoms with Gasteiger partial charge in [-0.15, -0.1) is 11.8 Å². The first kappa shape index (κ1) is 27.1. The fourth-order valence-electron chi connectivity index (χ4n) is 3.82. The molecule has 1 unspecified atom stereocenters. The summed E-state index contributed by atoms with van der Waals surface area (Å²) in [5.41, 5.74) is 4.11. The Morgan fingerprint density at radius 1 is 0.914 bits per heavy atom. The van der Waals surface area contributed by atoms with Crippen molar-refractivity contribution in [3.05, 3.63) is 105 Å². The zero-order valence-corrected chi connectivity index (χ0v) is 22.3. The topological polar surface area (TPSA) is 49.4 Å². The Labute approximate surface area is 222 Å². The molecule has 4 nitrogen and oxygen atoms in total. The van der Waals surface area contributed by atoms with E-state index < -0.39 is 6.04 Å². The Balaban J connectivity index is 1.82. The molecule has 0 saturated carbocycles. The lowest BCUT2D eigenvalue weighted by atomic mass is 10.0. The number of amides is 2. The van der Waals surface area contributed by atoms with Crippen LogP contribution >= 0.6 is 35.0 Å². The second kappa shape index (κ2) is 13.6. The number of nitrogens with zero attached hydrogens (tertiary/aromatic N) is 1. The van der Waals surface area contributed by atoms with Gasteiger partial charge < -0.3 is 10.2 Å². The third kappa shape index (κ3) is 8.31. The smallest absolute Gasteiger partial charge is 0.243 e. The fraction of sp³-hybridized carbons (Fsp3) is 0.286. The molecule has 0 bridgehead atoms. The van der Waals surface area contributed by atoms with E-state index in [0.717, 1.165) is 22.3 Å². The van der Waals surface area contributed by atoms with E-state index in [1.165, 1.54) is 11.8 Å². The average Bonchev–Trinajstić information content (AvgIpc) is 2.84. The zero-order valence-electron chi connectivity index (χ0n) is 20.0. The van der Waals surface area contributed by atoms with Gasteiger partial charge in [-0.3, -0.25) is 9.59 Å². The Bertz CT molecular complexity index is 1140. The van der Waals surface area contributed by atoms with Crippen molar-refractivity contribution in [2.24, 2.45) is 0 Å². The van der Waals surface area contributed by atoms with Gasteiger partial charge in [0.2, 0.25) is 11.8 Å². The van der Waals surface area contributed by atoms with Crippen molar-refractivity contribution in [3.63, 3.8) is 0 Å². The van der Waals surface area contributed by atoms with Crippen LogP contribution in [0.15, 0.2) is 72.8 Å². The SMILES string of the molecule is CCNC(=O)C(Cc1ccccc1)N(Cc1cccc(C)c1)C(=O)CSCc1ccc(Cl)c(Cl)c1. The molecule has 0 radical (unpaired) electrons. The van der Waals surface area contributed by atoms with Gasteiger partial charge in [0, 0.05) is 25.3 Å². The van der Waals surface area contributed by atoms with Crippen molar-refractivity contribution in [1.82, 2.24) is 10.2 Å². The van der Waals surface area contributed by atoms with Gasteiger partial charge in [-0.25, -0.2) is 0 Å². The predicted octanol–water partition coefficient (Wildman–Crippen LogP) is 6.31. The second-order valence-corrected chi connectivity index (χ2v) is 10.2. The highest BCUT2D eigenvalue weighted by Gasteiger charge is 2.30. The quantitative estimate of drug-likeness (QED) is 0.317. The average molecular weight is 530 g/mol. The third-order valence-electron chi connectivity index (χ3n) is 5.54. The summed E-state index contributed by atoms with van der Waals surface area (Å²) in [6.45, 7) is 4.77. The van der Waals surface area contributed by atoms with Crippen LogP contribution in [-0.2, 0) is 28.3 Å². The molecule has 0 fully saturated rings. The summed E-state index contributed by atoms with van der Waals surface area (Å²) in [6, 6.07) is 22.7. The van der Waals surface area contributed by atoms with Crippen LogP contribution in [0.4, 0.5) is 0 Å². The number of thioether (sulfide) groups is 1. The minimum atomic E-state index is -0.615. The number of hydrogen-bond donors (Lipinski definition) is 1. The minimum absolute atomic E-state index is 0.0799. The van der Waals surface area contributed by atoms with Gasteiger partial charge in [-0.1, -0.05) is 89.4 Å². The van der Waals surface area contributed by atoms with Crippen molar-refractivity contribution in [1.29, 1.82) is 0 Å². The van der Waals surface area contributed by atoms with Crippen LogP contribution in [-0.4, -0.2) is 35.1 Å². The summed E-state index contributed by atoms with van der Waals surface area (Å²) >= 11 is 13.6. The first-order valence-corrected chi connectivity index (χ1v) is 13.5. The summed E-state index contributed by atoms with van der Waals surface area (Å²) in [4.78, 5) is 28.5. The lowest BCUT2D eigenvalue weighted by molar-refractivity contribution is -0.139. The van der Waals surface area contributed by atoms with Crippen molar-refractivity contribution < 1.29 is 9.59 Å². The number of hydrogen-bond acceptors (Lipinski definition) is 3. The van der Waals surface area contributed by atoms with Gasteiger partial charge in [-0.05, 0) is 42.7 Å². The van der Waals surface area contributed by atoms with E-state index in [9.17, 15) is 9.59 Å². The molecule has 2 amide bonds. The summed E-state index contributed by atoms with van der Waals surface area (Å²) < 4.78 is 0. The molecule has 1 N–H and O–H groups in total. The molecular weight excluding hydrogens is 499 g/mol. The van der Waals surface area contributed by atoms with Crippen LogP contribution in [0.5, 0.6) is 0 Å². The Kier molecular flexibility index (Phi) is 10.5. The summed E-state index contributed by atoms with van der Waals surface area (Å²) in [7, 11) is 0. The first-order valence-electron chi connectivity index (χ1n) is 11.6. The number of aryl methyl sites for hydroxylation is 1. The van der Waals surface area contributed by atoms with E-state index in [0.29, 0.717) is 35.3 Å². The largest absolute Gasteiger partial charge is 0.355 e. The number of rotatable bonds is 11. The number of carbonyl (C=O) groups is 2. The molecule has 0 heterocycles. The molecule has 0 aliphatic carbocycles. The Morgan fingerprint density at radius 2 is 1.66 bits per heavy atom. The van der Waals surface area contributed by atoms with Gasteiger partial charge in [0.15, 0.2) is 0 Å². The summed E-state index contributed by atoms with van der Waals surface area (Å²) in [5, 5.41) is 3.93. The van der Waals surface area contributed by atoms with Gasteiger partial charge in [0.1, 0.15) is 6.04 Å². The van der Waals surface area contributed by atoms with Gasteiger partial charge in [0.05, 0.1) is 15.8 Å². The molecular formula is C28H30Cl2N2O2S. The maximum absolute atomic E-state index is 13.6. The van der Waals surface area contributed by atoms with Crippen LogP contribution in [0.1, 0.15) is 29.2 Å². The van der Waals surface area contributed by atoms with Crippen LogP contribution in [0, 0.1) is 6.92 Å². The maximum atomic E-state index is 13.6. The first-order chi connectivity index (χ1) is 16.9. The fourth-order valence-corrected chi connectivity index (χ4v) is 5.00. The monoisotopic (exact) mass is 528 g/mol. The molecule has 1 atom stereocenters. The molecule has 0 aromatic heterocycles. The summed E-state index contributed by atoms with van der Waals surface area (Å²) in [5.74, 6) is 0.637. The Morgan fingerprint density at radius 3 is 2.34 bits per heavy atom. The molecule has 0 aliphatic heterocycles. The van der Waals surface area contributed by atoms with Crippen molar-refractivity contribution >= 4 is 46.8 Å². The highest BCUT2D eigenvalue weighted by molar-refractivity contribution is 7.99. The van der Waals surface area contributed by atoms with E-state index in [2.05, 4.69) is 11.4 Å². The van der Waals surface area contributed by atoms with Crippen molar-refractivity contribution in [3.8, 4) is 0 Å². The van der Waals surface area contributed by atoms with Crippen molar-refractivity contribution in [2.45, 2.75) is 38.6 Å². The molecule has 7 heteroatoms. The molecule has 184 valence electrons. The van der Waals surface area contributed by atoms with Crippen LogP contribution < -0.4 is 5.32 Å². The van der Waals surface area contributed by atoms with Gasteiger partial charge in [0.25, 0.3) is 0 Å². The zero-order chi connectivity index (χ0) is 25.2. The van der Waals surface area contributed by atoms with Crippen LogP contribution in [0.2, 0.25) is 10.0 Å². The van der Waals surface area contributed by atoms with E-state index in [1.54, 1.807) is 11.0 Å². The molecule has 35 heavy (non-hydrogen) atoms. The van der Waals surface area contributed by atoms with E-state index in [-0.39, 0.29) is 17.6 Å². The molecule has 0 aliphatic rings. The minimum Gasteiger partial charge on any atom is -0.355 e. The van der Waals surface area contributed by atoms with E-state index in [4.69, 9.17) is 23.2 Å². The van der Waals surface area contributed by atoms with Crippen LogP contribution in [0.3, 0.4) is 0 Å². The molecule has 0 spiro atoms. The predicted molar refractivity (Wildman–Crippen MR) is 147 cm³/mol. The normalized spacial score (nSPS) is 11.7. The standard InChI is InChI=1S/C28H30Cl2N2O2S/c1-3-31-28(34)26(16-21-9-5-4-6-10-21)32(17-22-11-7-8-20(2)14-22)27(33)19-35-18-23-12-13-24(29)25(30)15-23/h4-15,26H,3,16-19H2,1-2H3,(H,31,34). The van der Waals surface area contributed by atoms with Gasteiger partial charge in [-0.2, -0.15) is 0 Å². The summed E-state index contributed by atoms with van der Waals surface area (Å²) in [6.07, 6.45) is 0.446. The number of likely N-dealkylation sites (N-methyl/N-ethyl adjacent to an activating group) is 1. The van der Waals surface area contributed by atoms with Crippen molar-refractivity contribution in [2.75, 3.05) is 12.3 Å². The lowest BCUT2D eigenvalue weighted by Crippen LogP contribution is -2.51. The molecule has 3 rings (SSSR count).